The van der Waals surface area contributed by atoms with Gasteiger partial charge in [0.05, 0.1) is 5.56 Å². The van der Waals surface area contributed by atoms with Crippen molar-refractivity contribution in [2.45, 2.75) is 12.7 Å². The summed E-state index contributed by atoms with van der Waals surface area (Å²) in [7, 11) is 0. The Morgan fingerprint density at radius 2 is 1.42 bits per heavy atom. The predicted octanol–water partition coefficient (Wildman–Crippen LogP) is 1.71. The number of hydrogen-bond acceptors (Lipinski definition) is 0. The number of aromatic nitrogens is 1. The largest absolute Gasteiger partial charge is 1.00 e. The molecule has 24 heavy (non-hydrogen) atoms. The summed E-state index contributed by atoms with van der Waals surface area (Å²) in [4.78, 5) is 0. The van der Waals surface area contributed by atoms with Crippen molar-refractivity contribution in [3.05, 3.63) is 90.3 Å². The van der Waals surface area contributed by atoms with Crippen LogP contribution in [0.2, 0.25) is 0 Å². The summed E-state index contributed by atoms with van der Waals surface area (Å²) in [5, 5.41) is 0. The Bertz CT molecular complexity index is 784. The van der Waals surface area contributed by atoms with Gasteiger partial charge in [0.25, 0.3) is 0 Å². The van der Waals surface area contributed by atoms with Crippen molar-refractivity contribution in [2.24, 2.45) is 0 Å². The van der Waals surface area contributed by atoms with E-state index < -0.39 is 11.7 Å². The maximum absolute atomic E-state index is 12.8. The first-order chi connectivity index (χ1) is 11.0. The van der Waals surface area contributed by atoms with Crippen molar-refractivity contribution in [3.63, 3.8) is 0 Å². The number of benzene rings is 2. The molecule has 124 valence electrons. The van der Waals surface area contributed by atoms with Gasteiger partial charge in [-0.1, -0.05) is 42.5 Å². The first kappa shape index (κ1) is 18.2. The number of pyridine rings is 1. The molecule has 5 heteroatoms. The van der Waals surface area contributed by atoms with Gasteiger partial charge < -0.3 is 17.0 Å². The maximum Gasteiger partial charge on any atom is 0.416 e. The minimum atomic E-state index is -4.32. The van der Waals surface area contributed by atoms with Crippen molar-refractivity contribution in [1.29, 1.82) is 0 Å². The van der Waals surface area contributed by atoms with Crippen molar-refractivity contribution < 1.29 is 34.7 Å². The molecule has 1 nitrogen and oxygen atoms in total. The third-order valence-electron chi connectivity index (χ3n) is 3.62. The third-order valence-corrected chi connectivity index (χ3v) is 3.62. The van der Waals surface area contributed by atoms with Crippen LogP contribution in [0.5, 0.6) is 0 Å². The van der Waals surface area contributed by atoms with Crippen LogP contribution in [0.15, 0.2) is 79.1 Å². The Balaban J connectivity index is 0.00000208. The molecule has 1 heterocycles. The van der Waals surface area contributed by atoms with Gasteiger partial charge in [-0.2, -0.15) is 13.2 Å². The smallest absolute Gasteiger partial charge is 0.416 e. The third kappa shape index (κ3) is 4.45. The lowest BCUT2D eigenvalue weighted by atomic mass is 10.0. The first-order valence-electron chi connectivity index (χ1n) is 7.23. The molecular weight excluding hydrogens is 379 g/mol. The molecule has 0 aliphatic heterocycles. The summed E-state index contributed by atoms with van der Waals surface area (Å²) < 4.78 is 40.4. The van der Waals surface area contributed by atoms with Crippen LogP contribution in [-0.2, 0) is 12.7 Å². The number of rotatable bonds is 3. The second-order valence-electron chi connectivity index (χ2n) is 5.32. The first-order valence-corrected chi connectivity index (χ1v) is 7.23. The van der Waals surface area contributed by atoms with Gasteiger partial charge in [-0.05, 0) is 23.3 Å². The standard InChI is InChI=1S/C19H15F3N.BrH/c20-19(21,22)18-8-4-7-17(13-18)16-9-11-23(12-10-16)14-15-5-2-1-3-6-15;/h1-13H,14H2;1H/q+1;/p-1. The SMILES string of the molecule is FC(F)(F)c1cccc(-c2cc[n+](Cc3ccccc3)cc2)c1.[Br-]. The molecular formula is C19H15BrF3N. The van der Waals surface area contributed by atoms with E-state index in [-0.39, 0.29) is 17.0 Å². The van der Waals surface area contributed by atoms with Gasteiger partial charge in [-0.15, -0.1) is 0 Å². The summed E-state index contributed by atoms with van der Waals surface area (Å²) >= 11 is 0. The molecule has 0 saturated heterocycles. The molecule has 3 aromatic rings. The molecule has 0 aliphatic rings. The summed E-state index contributed by atoms with van der Waals surface area (Å²) in [6.07, 6.45) is -0.566. The van der Waals surface area contributed by atoms with E-state index >= 15 is 0 Å². The minimum absolute atomic E-state index is 0. The second-order valence-corrected chi connectivity index (χ2v) is 5.32. The van der Waals surface area contributed by atoms with Crippen LogP contribution in [0.25, 0.3) is 11.1 Å². The van der Waals surface area contributed by atoms with Gasteiger partial charge in [0, 0.05) is 17.7 Å². The Labute approximate surface area is 149 Å². The molecule has 2 aromatic carbocycles. The zero-order valence-electron chi connectivity index (χ0n) is 12.7. The lowest BCUT2D eigenvalue weighted by Crippen LogP contribution is -3.00. The van der Waals surface area contributed by atoms with Crippen LogP contribution in [0.4, 0.5) is 13.2 Å². The molecule has 0 spiro atoms. The van der Waals surface area contributed by atoms with E-state index in [0.717, 1.165) is 18.2 Å². The van der Waals surface area contributed by atoms with Crippen LogP contribution >= 0.6 is 0 Å². The second kappa shape index (κ2) is 7.62. The summed E-state index contributed by atoms with van der Waals surface area (Å²) in [5.74, 6) is 0. The molecule has 0 radical (unpaired) electrons. The van der Waals surface area contributed by atoms with Gasteiger partial charge in [-0.25, -0.2) is 4.57 Å². The molecule has 0 fully saturated rings. The normalized spacial score (nSPS) is 11.0. The monoisotopic (exact) mass is 393 g/mol. The Morgan fingerprint density at radius 3 is 2.04 bits per heavy atom. The highest BCUT2D eigenvalue weighted by atomic mass is 79.9. The van der Waals surface area contributed by atoms with Crippen LogP contribution in [-0.4, -0.2) is 0 Å². The molecule has 0 unspecified atom stereocenters. The van der Waals surface area contributed by atoms with Crippen molar-refractivity contribution in [1.82, 2.24) is 0 Å². The van der Waals surface area contributed by atoms with E-state index in [1.54, 1.807) is 6.07 Å². The van der Waals surface area contributed by atoms with E-state index in [1.165, 1.54) is 17.7 Å². The summed E-state index contributed by atoms with van der Waals surface area (Å²) in [6, 6.07) is 19.0. The Morgan fingerprint density at radius 1 is 0.750 bits per heavy atom. The van der Waals surface area contributed by atoms with E-state index in [0.29, 0.717) is 5.56 Å². The summed E-state index contributed by atoms with van der Waals surface area (Å²) in [5.41, 5.74) is 1.87. The average Bonchev–Trinajstić information content (AvgIpc) is 2.56. The minimum Gasteiger partial charge on any atom is -1.00 e. The quantitative estimate of drug-likeness (QED) is 0.596. The zero-order valence-corrected chi connectivity index (χ0v) is 14.3. The van der Waals surface area contributed by atoms with Crippen molar-refractivity contribution in [3.8, 4) is 11.1 Å². The Kier molecular flexibility index (Phi) is 5.78. The fraction of sp³-hybridized carbons (Fsp3) is 0.105. The van der Waals surface area contributed by atoms with Crippen LogP contribution in [0.1, 0.15) is 11.1 Å². The van der Waals surface area contributed by atoms with Crippen molar-refractivity contribution in [2.75, 3.05) is 0 Å². The molecule has 0 saturated carbocycles. The van der Waals surface area contributed by atoms with Gasteiger partial charge >= 0.3 is 6.18 Å². The van der Waals surface area contributed by atoms with Gasteiger partial charge in [0.15, 0.2) is 18.9 Å². The maximum atomic E-state index is 12.8. The van der Waals surface area contributed by atoms with E-state index in [9.17, 15) is 13.2 Å². The number of nitrogens with zero attached hydrogens (tertiary/aromatic N) is 1. The zero-order chi connectivity index (χ0) is 16.3. The lowest BCUT2D eigenvalue weighted by Gasteiger charge is -2.08. The van der Waals surface area contributed by atoms with Crippen LogP contribution in [0, 0.1) is 0 Å². The summed E-state index contributed by atoms with van der Waals surface area (Å²) in [6.45, 7) is 0.726. The van der Waals surface area contributed by atoms with Crippen molar-refractivity contribution >= 4 is 0 Å². The molecule has 3 rings (SSSR count). The number of halogens is 4. The van der Waals surface area contributed by atoms with Crippen LogP contribution < -0.4 is 21.5 Å². The number of alkyl halides is 3. The lowest BCUT2D eigenvalue weighted by molar-refractivity contribution is -0.688. The molecule has 0 amide bonds. The molecule has 1 aromatic heterocycles. The van der Waals surface area contributed by atoms with E-state index in [1.807, 2.05) is 59.4 Å². The predicted molar refractivity (Wildman–Crippen MR) is 82.6 cm³/mol. The topological polar surface area (TPSA) is 3.88 Å². The van der Waals surface area contributed by atoms with Gasteiger partial charge in [-0.3, -0.25) is 0 Å². The van der Waals surface area contributed by atoms with Crippen LogP contribution in [0.3, 0.4) is 0 Å². The molecule has 0 aliphatic carbocycles. The highest BCUT2D eigenvalue weighted by Gasteiger charge is 2.30. The fourth-order valence-corrected chi connectivity index (χ4v) is 2.42. The average molecular weight is 394 g/mol. The number of hydrogen-bond donors (Lipinski definition) is 0. The van der Waals surface area contributed by atoms with E-state index in [4.69, 9.17) is 0 Å². The fourth-order valence-electron chi connectivity index (χ4n) is 2.42. The molecule has 0 atom stereocenters. The highest BCUT2D eigenvalue weighted by molar-refractivity contribution is 5.63. The molecule has 0 bridgehead atoms. The Hall–Kier alpha value is -2.14. The van der Waals surface area contributed by atoms with Gasteiger partial charge in [0.1, 0.15) is 0 Å². The van der Waals surface area contributed by atoms with Gasteiger partial charge in [0.2, 0.25) is 0 Å². The van der Waals surface area contributed by atoms with E-state index in [2.05, 4.69) is 0 Å². The highest BCUT2D eigenvalue weighted by Crippen LogP contribution is 2.31. The molecule has 0 N–H and O–H groups in total.